The Balaban J connectivity index is 1.30. The number of anilines is 1. The summed E-state index contributed by atoms with van der Waals surface area (Å²) in [5.41, 5.74) is 3.16. The molecule has 0 bridgehead atoms. The predicted molar refractivity (Wildman–Crippen MR) is 113 cm³/mol. The van der Waals surface area contributed by atoms with Crippen LogP contribution in [0.3, 0.4) is 0 Å². The summed E-state index contributed by atoms with van der Waals surface area (Å²) in [6.45, 7) is 0.587. The Kier molecular flexibility index (Phi) is 5.28. The van der Waals surface area contributed by atoms with E-state index < -0.39 is 18.0 Å². The van der Waals surface area contributed by atoms with E-state index in [1.807, 2.05) is 12.1 Å². The molecule has 0 spiro atoms. The van der Waals surface area contributed by atoms with Gasteiger partial charge in [0.2, 0.25) is 0 Å². The summed E-state index contributed by atoms with van der Waals surface area (Å²) in [6.07, 6.45) is 2.54. The molecule has 9 nitrogen and oxygen atoms in total. The lowest BCUT2D eigenvalue weighted by Gasteiger charge is -2.14. The van der Waals surface area contributed by atoms with Crippen LogP contribution in [0.2, 0.25) is 0 Å². The average molecular weight is 437 g/mol. The number of amides is 1. The Morgan fingerprint density at radius 3 is 2.62 bits per heavy atom. The molecule has 164 valence electrons. The molecule has 5 rings (SSSR count). The molecular formula is C22H20FN5O4. The zero-order valence-electron chi connectivity index (χ0n) is 17.0. The Morgan fingerprint density at radius 2 is 1.94 bits per heavy atom. The molecule has 3 heterocycles. The molecule has 2 unspecified atom stereocenters. The van der Waals surface area contributed by atoms with Gasteiger partial charge in [-0.2, -0.15) is 0 Å². The number of hydrogen-bond acceptors (Lipinski definition) is 7. The number of benzene rings is 2. The Bertz CT molecular complexity index is 1150. The van der Waals surface area contributed by atoms with Crippen molar-refractivity contribution in [2.24, 2.45) is 5.16 Å². The van der Waals surface area contributed by atoms with Crippen molar-refractivity contribution < 1.29 is 23.9 Å². The first-order valence-corrected chi connectivity index (χ1v) is 10.2. The first kappa shape index (κ1) is 20.1. The maximum Gasteiger partial charge on any atom is 0.414 e. The molecule has 0 saturated carbocycles. The maximum absolute atomic E-state index is 14.9. The number of cyclic esters (lactones) is 1. The standard InChI is InChI=1S/C22H20FN5O4/c23-20-9-16(28-12-18(31-22(28)30)11-27-8-7-24-26-27)5-6-19(20)14-1-3-15(4-2-14)21-10-17(13-29)32-25-21/h1-9,17-18,29H,10-13H2. The third-order valence-electron chi connectivity index (χ3n) is 5.47. The fourth-order valence-electron chi connectivity index (χ4n) is 3.81. The van der Waals surface area contributed by atoms with Gasteiger partial charge in [0.05, 0.1) is 37.3 Å². The first-order chi connectivity index (χ1) is 15.6. The van der Waals surface area contributed by atoms with E-state index in [4.69, 9.17) is 14.7 Å². The number of carbonyl (C=O) groups is 1. The molecule has 2 aliphatic heterocycles. The van der Waals surface area contributed by atoms with Crippen LogP contribution in [-0.4, -0.2) is 57.3 Å². The molecule has 1 fully saturated rings. The fourth-order valence-corrected chi connectivity index (χ4v) is 3.81. The molecule has 32 heavy (non-hydrogen) atoms. The Labute approximate surface area is 182 Å². The van der Waals surface area contributed by atoms with Gasteiger partial charge in [0.25, 0.3) is 0 Å². The van der Waals surface area contributed by atoms with E-state index in [1.165, 1.54) is 11.0 Å². The number of rotatable bonds is 6. The topological polar surface area (TPSA) is 102 Å². The number of hydrogen-bond donors (Lipinski definition) is 1. The van der Waals surface area contributed by atoms with Crippen LogP contribution in [0.5, 0.6) is 0 Å². The summed E-state index contributed by atoms with van der Waals surface area (Å²) in [6, 6.07) is 12.0. The SMILES string of the molecule is O=C1OC(Cn2ccnn2)CN1c1ccc(-c2ccc(C3=NOC(CO)C3)cc2)c(F)c1. The van der Waals surface area contributed by atoms with Crippen molar-refractivity contribution >= 4 is 17.5 Å². The number of oxime groups is 1. The van der Waals surface area contributed by atoms with Crippen LogP contribution < -0.4 is 4.90 Å². The molecule has 1 N–H and O–H groups in total. The minimum Gasteiger partial charge on any atom is -0.442 e. The molecular weight excluding hydrogens is 417 g/mol. The van der Waals surface area contributed by atoms with Crippen molar-refractivity contribution in [1.29, 1.82) is 0 Å². The third-order valence-corrected chi connectivity index (χ3v) is 5.47. The van der Waals surface area contributed by atoms with Crippen LogP contribution in [-0.2, 0) is 16.1 Å². The van der Waals surface area contributed by atoms with Crippen LogP contribution in [0.1, 0.15) is 12.0 Å². The Hall–Kier alpha value is -3.79. The lowest BCUT2D eigenvalue weighted by molar-refractivity contribution is 0.0390. The molecule has 2 atom stereocenters. The van der Waals surface area contributed by atoms with Crippen molar-refractivity contribution in [3.05, 3.63) is 66.2 Å². The largest absolute Gasteiger partial charge is 0.442 e. The van der Waals surface area contributed by atoms with Crippen LogP contribution in [0, 0.1) is 5.82 Å². The summed E-state index contributed by atoms with van der Waals surface area (Å²) in [5, 5.41) is 20.8. The number of halogens is 1. The third kappa shape index (κ3) is 3.92. The molecule has 2 aromatic carbocycles. The van der Waals surface area contributed by atoms with Crippen molar-refractivity contribution in [2.45, 2.75) is 25.2 Å². The lowest BCUT2D eigenvalue weighted by atomic mass is 9.99. The van der Waals surface area contributed by atoms with Crippen LogP contribution in [0.25, 0.3) is 11.1 Å². The fraction of sp³-hybridized carbons (Fsp3) is 0.273. The summed E-state index contributed by atoms with van der Waals surface area (Å²) >= 11 is 0. The summed E-state index contributed by atoms with van der Waals surface area (Å²) < 4.78 is 21.9. The number of aliphatic hydroxyl groups excluding tert-OH is 1. The molecule has 2 aliphatic rings. The van der Waals surface area contributed by atoms with Gasteiger partial charge in [-0.1, -0.05) is 34.6 Å². The number of carbonyl (C=O) groups excluding carboxylic acids is 1. The van der Waals surface area contributed by atoms with E-state index in [0.29, 0.717) is 36.3 Å². The van der Waals surface area contributed by atoms with Gasteiger partial charge < -0.3 is 14.7 Å². The second-order valence-corrected chi connectivity index (χ2v) is 7.64. The highest BCUT2D eigenvalue weighted by atomic mass is 19.1. The number of aliphatic hydroxyl groups is 1. The van der Waals surface area contributed by atoms with E-state index in [-0.39, 0.29) is 12.7 Å². The average Bonchev–Trinajstić information content (AvgIpc) is 3.56. The highest BCUT2D eigenvalue weighted by molar-refractivity contribution is 6.01. The van der Waals surface area contributed by atoms with Crippen LogP contribution >= 0.6 is 0 Å². The minimum atomic E-state index is -0.521. The van der Waals surface area contributed by atoms with Gasteiger partial charge in [0, 0.05) is 18.2 Å². The van der Waals surface area contributed by atoms with Gasteiger partial charge in [-0.15, -0.1) is 5.10 Å². The van der Waals surface area contributed by atoms with E-state index in [0.717, 1.165) is 11.3 Å². The number of nitrogens with zero attached hydrogens (tertiary/aromatic N) is 5. The van der Waals surface area contributed by atoms with Gasteiger partial charge >= 0.3 is 6.09 Å². The summed E-state index contributed by atoms with van der Waals surface area (Å²) in [4.78, 5) is 18.8. The van der Waals surface area contributed by atoms with Crippen molar-refractivity contribution in [3.63, 3.8) is 0 Å². The lowest BCUT2D eigenvalue weighted by Crippen LogP contribution is -2.26. The van der Waals surface area contributed by atoms with Gasteiger partial charge in [-0.3, -0.25) is 4.90 Å². The molecule has 0 radical (unpaired) electrons. The molecule has 0 aliphatic carbocycles. The molecule has 10 heteroatoms. The highest BCUT2D eigenvalue weighted by Crippen LogP contribution is 2.30. The van der Waals surface area contributed by atoms with Crippen LogP contribution in [0.4, 0.5) is 14.9 Å². The first-order valence-electron chi connectivity index (χ1n) is 10.2. The van der Waals surface area contributed by atoms with Gasteiger partial charge in [-0.05, 0) is 29.3 Å². The number of aromatic nitrogens is 3. The molecule has 1 saturated heterocycles. The van der Waals surface area contributed by atoms with E-state index in [1.54, 1.807) is 41.3 Å². The minimum absolute atomic E-state index is 0.0889. The smallest absolute Gasteiger partial charge is 0.414 e. The van der Waals surface area contributed by atoms with E-state index in [9.17, 15) is 9.18 Å². The predicted octanol–water partition coefficient (Wildman–Crippen LogP) is 2.59. The van der Waals surface area contributed by atoms with E-state index >= 15 is 0 Å². The monoisotopic (exact) mass is 437 g/mol. The Morgan fingerprint density at radius 1 is 1.12 bits per heavy atom. The second-order valence-electron chi connectivity index (χ2n) is 7.64. The van der Waals surface area contributed by atoms with E-state index in [2.05, 4.69) is 15.5 Å². The molecule has 1 aromatic heterocycles. The molecule has 1 amide bonds. The van der Waals surface area contributed by atoms with Gasteiger partial charge in [0.1, 0.15) is 11.9 Å². The summed E-state index contributed by atoms with van der Waals surface area (Å²) in [5.74, 6) is -0.440. The quantitative estimate of drug-likeness (QED) is 0.636. The number of ether oxygens (including phenoxy) is 1. The maximum atomic E-state index is 14.9. The van der Waals surface area contributed by atoms with Crippen molar-refractivity contribution in [2.75, 3.05) is 18.1 Å². The van der Waals surface area contributed by atoms with Crippen LogP contribution in [0.15, 0.2) is 60.0 Å². The van der Waals surface area contributed by atoms with Crippen molar-refractivity contribution in [3.8, 4) is 11.1 Å². The van der Waals surface area contributed by atoms with Crippen molar-refractivity contribution in [1.82, 2.24) is 15.0 Å². The zero-order valence-corrected chi connectivity index (χ0v) is 17.0. The summed E-state index contributed by atoms with van der Waals surface area (Å²) in [7, 11) is 0. The zero-order chi connectivity index (χ0) is 22.1. The molecule has 3 aromatic rings. The second kappa shape index (κ2) is 8.39. The van der Waals surface area contributed by atoms with Gasteiger partial charge in [-0.25, -0.2) is 13.9 Å². The highest BCUT2D eigenvalue weighted by Gasteiger charge is 2.33. The normalized spacial score (nSPS) is 20.2. The van der Waals surface area contributed by atoms with Gasteiger partial charge in [0.15, 0.2) is 6.10 Å².